The summed E-state index contributed by atoms with van der Waals surface area (Å²) in [6.45, 7) is 2.38. The van der Waals surface area contributed by atoms with E-state index in [0.717, 1.165) is 0 Å². The van der Waals surface area contributed by atoms with Crippen molar-refractivity contribution in [3.63, 3.8) is 0 Å². The second-order valence-electron chi connectivity index (χ2n) is 3.64. The van der Waals surface area contributed by atoms with Crippen LogP contribution in [0.3, 0.4) is 0 Å². The molecule has 1 aromatic carbocycles. The summed E-state index contributed by atoms with van der Waals surface area (Å²) in [6.07, 6.45) is -0.913. The molecule has 7 heteroatoms. The van der Waals surface area contributed by atoms with E-state index in [9.17, 15) is 14.9 Å². The second-order valence-corrected chi connectivity index (χ2v) is 3.64. The van der Waals surface area contributed by atoms with Crippen LogP contribution in [-0.4, -0.2) is 30.7 Å². The van der Waals surface area contributed by atoms with E-state index in [-0.39, 0.29) is 25.4 Å². The lowest BCUT2D eigenvalue weighted by Crippen LogP contribution is -2.22. The highest BCUT2D eigenvalue weighted by molar-refractivity contribution is 5.76. The van der Waals surface area contributed by atoms with Gasteiger partial charge in [0.2, 0.25) is 0 Å². The number of esters is 1. The van der Waals surface area contributed by atoms with Gasteiger partial charge in [-0.3, -0.25) is 10.1 Å². The lowest BCUT2D eigenvalue weighted by atomic mass is 10.1. The normalized spacial score (nSPS) is 11.9. The monoisotopic (exact) mass is 268 g/mol. The minimum Gasteiger partial charge on any atom is -0.464 e. The van der Waals surface area contributed by atoms with Crippen LogP contribution in [0.4, 0.5) is 5.69 Å². The first-order chi connectivity index (χ1) is 9.10. The summed E-state index contributed by atoms with van der Waals surface area (Å²) < 4.78 is 10.2. The van der Waals surface area contributed by atoms with E-state index in [4.69, 9.17) is 15.2 Å². The van der Waals surface area contributed by atoms with E-state index in [2.05, 4.69) is 0 Å². The first kappa shape index (κ1) is 15.1. The number of hydrogen-bond acceptors (Lipinski definition) is 6. The maximum absolute atomic E-state index is 11.7. The Morgan fingerprint density at radius 3 is 2.53 bits per heavy atom. The van der Waals surface area contributed by atoms with Crippen LogP contribution >= 0.6 is 0 Å². The Hall–Kier alpha value is -1.99. The Kier molecular flexibility index (Phi) is 5.91. The number of nitrogens with zero attached hydrogens (tertiary/aromatic N) is 1. The molecule has 104 valence electrons. The van der Waals surface area contributed by atoms with Gasteiger partial charge in [0.1, 0.15) is 0 Å². The maximum Gasteiger partial charge on any atom is 0.339 e. The Morgan fingerprint density at radius 2 is 2.05 bits per heavy atom. The summed E-state index contributed by atoms with van der Waals surface area (Å²) in [4.78, 5) is 21.8. The summed E-state index contributed by atoms with van der Waals surface area (Å²) in [5.41, 5.74) is 5.77. The number of benzene rings is 1. The van der Waals surface area contributed by atoms with Gasteiger partial charge in [-0.25, -0.2) is 4.79 Å². The number of carbonyl (C=O) groups is 1. The fraction of sp³-hybridized carbons (Fsp3) is 0.417. The van der Waals surface area contributed by atoms with Crippen molar-refractivity contribution in [2.24, 2.45) is 5.73 Å². The van der Waals surface area contributed by atoms with E-state index in [1.807, 2.05) is 0 Å². The average molecular weight is 268 g/mol. The summed E-state index contributed by atoms with van der Waals surface area (Å²) in [5.74, 6) is -0.537. The number of ether oxygens (including phenoxy) is 2. The molecule has 19 heavy (non-hydrogen) atoms. The van der Waals surface area contributed by atoms with Gasteiger partial charge in [-0.2, -0.15) is 0 Å². The van der Waals surface area contributed by atoms with Crippen LogP contribution in [0.1, 0.15) is 18.6 Å². The van der Waals surface area contributed by atoms with E-state index < -0.39 is 17.0 Å². The standard InChI is InChI=1S/C12H16N2O5/c1-2-18-12(15)11(19-8-7-13)9-3-5-10(6-4-9)14(16)17/h3-6,11H,2,7-8,13H2,1H3. The van der Waals surface area contributed by atoms with Crippen molar-refractivity contribution in [3.05, 3.63) is 39.9 Å². The zero-order valence-electron chi connectivity index (χ0n) is 10.6. The Balaban J connectivity index is 2.89. The molecule has 0 aliphatic carbocycles. The molecule has 0 radical (unpaired) electrons. The SMILES string of the molecule is CCOC(=O)C(OCCN)c1ccc([N+](=O)[O-])cc1. The van der Waals surface area contributed by atoms with Gasteiger partial charge < -0.3 is 15.2 Å². The lowest BCUT2D eigenvalue weighted by molar-refractivity contribution is -0.384. The highest BCUT2D eigenvalue weighted by Crippen LogP contribution is 2.22. The van der Waals surface area contributed by atoms with Crippen LogP contribution in [0.5, 0.6) is 0 Å². The molecule has 0 aliphatic rings. The fourth-order valence-electron chi connectivity index (χ4n) is 1.48. The highest BCUT2D eigenvalue weighted by Gasteiger charge is 2.23. The zero-order valence-corrected chi connectivity index (χ0v) is 10.6. The van der Waals surface area contributed by atoms with Crippen molar-refractivity contribution in [2.45, 2.75) is 13.0 Å². The molecule has 0 bridgehead atoms. The largest absolute Gasteiger partial charge is 0.464 e. The molecule has 2 N–H and O–H groups in total. The summed E-state index contributed by atoms with van der Waals surface area (Å²) in [6, 6.07) is 5.56. The van der Waals surface area contributed by atoms with Gasteiger partial charge in [-0.15, -0.1) is 0 Å². The molecule has 0 saturated carbocycles. The number of nitro benzene ring substituents is 1. The van der Waals surface area contributed by atoms with Crippen LogP contribution < -0.4 is 5.73 Å². The third-order valence-corrected chi connectivity index (χ3v) is 2.31. The third-order valence-electron chi connectivity index (χ3n) is 2.31. The van der Waals surface area contributed by atoms with E-state index in [0.29, 0.717) is 5.56 Å². The molecular formula is C12H16N2O5. The molecule has 0 amide bonds. The number of non-ortho nitro benzene ring substituents is 1. The predicted octanol–water partition coefficient (Wildman–Crippen LogP) is 1.17. The molecule has 0 spiro atoms. The molecule has 1 atom stereocenters. The van der Waals surface area contributed by atoms with Gasteiger partial charge >= 0.3 is 5.97 Å². The Morgan fingerprint density at radius 1 is 1.42 bits per heavy atom. The molecule has 0 fully saturated rings. The van der Waals surface area contributed by atoms with Crippen LogP contribution in [0.2, 0.25) is 0 Å². The van der Waals surface area contributed by atoms with Gasteiger partial charge in [0.15, 0.2) is 6.10 Å². The first-order valence-electron chi connectivity index (χ1n) is 5.82. The number of rotatable bonds is 7. The van der Waals surface area contributed by atoms with Gasteiger partial charge in [-0.05, 0) is 24.6 Å². The maximum atomic E-state index is 11.7. The minimum atomic E-state index is -0.913. The second kappa shape index (κ2) is 7.45. The van der Waals surface area contributed by atoms with Crippen LogP contribution in [0.15, 0.2) is 24.3 Å². The molecule has 0 aromatic heterocycles. The Bertz CT molecular complexity index is 432. The van der Waals surface area contributed by atoms with Crippen molar-refractivity contribution in [1.29, 1.82) is 0 Å². The van der Waals surface area contributed by atoms with Gasteiger partial charge in [0, 0.05) is 18.7 Å². The first-order valence-corrected chi connectivity index (χ1v) is 5.82. The molecule has 7 nitrogen and oxygen atoms in total. The molecular weight excluding hydrogens is 252 g/mol. The van der Waals surface area contributed by atoms with E-state index in [1.165, 1.54) is 24.3 Å². The highest BCUT2D eigenvalue weighted by atomic mass is 16.6. The number of carbonyl (C=O) groups excluding carboxylic acids is 1. The average Bonchev–Trinajstić information content (AvgIpc) is 2.40. The number of nitro groups is 1. The predicted molar refractivity (Wildman–Crippen MR) is 67.5 cm³/mol. The van der Waals surface area contributed by atoms with Crippen LogP contribution in [0.25, 0.3) is 0 Å². The van der Waals surface area contributed by atoms with Crippen molar-refractivity contribution in [1.82, 2.24) is 0 Å². The van der Waals surface area contributed by atoms with Gasteiger partial charge in [0.25, 0.3) is 5.69 Å². The van der Waals surface area contributed by atoms with Gasteiger partial charge in [0.05, 0.1) is 18.1 Å². The molecule has 1 unspecified atom stereocenters. The van der Waals surface area contributed by atoms with E-state index >= 15 is 0 Å². The minimum absolute atomic E-state index is 0.0508. The van der Waals surface area contributed by atoms with Gasteiger partial charge in [-0.1, -0.05) is 0 Å². The summed E-state index contributed by atoms with van der Waals surface area (Å²) >= 11 is 0. The zero-order chi connectivity index (χ0) is 14.3. The van der Waals surface area contributed by atoms with Crippen molar-refractivity contribution in [2.75, 3.05) is 19.8 Å². The topological polar surface area (TPSA) is 105 Å². The molecule has 1 aromatic rings. The van der Waals surface area contributed by atoms with Crippen molar-refractivity contribution < 1.29 is 19.2 Å². The van der Waals surface area contributed by atoms with Crippen LogP contribution in [0, 0.1) is 10.1 Å². The molecule has 1 rings (SSSR count). The number of hydrogen-bond donors (Lipinski definition) is 1. The summed E-state index contributed by atoms with van der Waals surface area (Å²) in [7, 11) is 0. The number of nitrogens with two attached hydrogens (primary N) is 1. The van der Waals surface area contributed by atoms with Crippen LogP contribution in [-0.2, 0) is 14.3 Å². The Labute approximate surface area is 110 Å². The quantitative estimate of drug-likeness (QED) is 0.452. The fourth-order valence-corrected chi connectivity index (χ4v) is 1.48. The lowest BCUT2D eigenvalue weighted by Gasteiger charge is -2.16. The molecule has 0 heterocycles. The van der Waals surface area contributed by atoms with Crippen molar-refractivity contribution >= 4 is 11.7 Å². The van der Waals surface area contributed by atoms with Crippen molar-refractivity contribution in [3.8, 4) is 0 Å². The summed E-state index contributed by atoms with van der Waals surface area (Å²) in [5, 5.41) is 10.6. The molecule has 0 saturated heterocycles. The molecule has 0 aliphatic heterocycles. The smallest absolute Gasteiger partial charge is 0.339 e. The third kappa shape index (κ3) is 4.31. The van der Waals surface area contributed by atoms with E-state index in [1.54, 1.807) is 6.92 Å².